The summed E-state index contributed by atoms with van der Waals surface area (Å²) in [7, 11) is 1.57. The second-order valence-corrected chi connectivity index (χ2v) is 7.38. The Morgan fingerprint density at radius 2 is 1.83 bits per heavy atom. The lowest BCUT2D eigenvalue weighted by Crippen LogP contribution is -2.26. The zero-order valence-corrected chi connectivity index (χ0v) is 17.8. The van der Waals surface area contributed by atoms with Gasteiger partial charge in [0.05, 0.1) is 13.2 Å². The molecule has 156 valence electrons. The SMILES string of the molecule is COc1ccc(C(=O)N[C@H](C)c2ccc(F)cc2)cc1COc1ccc(Cl)c(C)c1. The zero-order valence-electron chi connectivity index (χ0n) is 17.0. The molecule has 1 atom stereocenters. The fourth-order valence-electron chi connectivity index (χ4n) is 3.02. The number of amides is 1. The Hall–Kier alpha value is -3.05. The van der Waals surface area contributed by atoms with Gasteiger partial charge in [-0.15, -0.1) is 0 Å². The number of aryl methyl sites for hydroxylation is 1. The molecule has 6 heteroatoms. The lowest BCUT2D eigenvalue weighted by Gasteiger charge is -2.16. The number of ether oxygens (including phenoxy) is 2. The van der Waals surface area contributed by atoms with E-state index in [2.05, 4.69) is 5.32 Å². The number of halogens is 2. The first kappa shape index (κ1) is 21.7. The van der Waals surface area contributed by atoms with Gasteiger partial charge in [0.1, 0.15) is 23.9 Å². The topological polar surface area (TPSA) is 47.6 Å². The smallest absolute Gasteiger partial charge is 0.251 e. The molecule has 0 aromatic heterocycles. The Balaban J connectivity index is 1.73. The van der Waals surface area contributed by atoms with Crippen LogP contribution in [0.15, 0.2) is 60.7 Å². The third-order valence-corrected chi connectivity index (χ3v) is 5.21. The number of carbonyl (C=O) groups is 1. The van der Waals surface area contributed by atoms with Crippen LogP contribution in [-0.4, -0.2) is 13.0 Å². The van der Waals surface area contributed by atoms with E-state index in [4.69, 9.17) is 21.1 Å². The first-order valence-corrected chi connectivity index (χ1v) is 9.87. The number of nitrogens with one attached hydrogen (secondary N) is 1. The van der Waals surface area contributed by atoms with Gasteiger partial charge in [0, 0.05) is 16.1 Å². The van der Waals surface area contributed by atoms with Gasteiger partial charge in [-0.3, -0.25) is 4.79 Å². The maximum atomic E-state index is 13.1. The number of rotatable bonds is 7. The monoisotopic (exact) mass is 427 g/mol. The van der Waals surface area contributed by atoms with Gasteiger partial charge in [0.2, 0.25) is 0 Å². The summed E-state index contributed by atoms with van der Waals surface area (Å²) < 4.78 is 24.4. The summed E-state index contributed by atoms with van der Waals surface area (Å²) >= 11 is 6.06. The van der Waals surface area contributed by atoms with Crippen LogP contribution in [-0.2, 0) is 6.61 Å². The van der Waals surface area contributed by atoms with Crippen molar-refractivity contribution >= 4 is 17.5 Å². The van der Waals surface area contributed by atoms with Gasteiger partial charge in [0.15, 0.2) is 0 Å². The van der Waals surface area contributed by atoms with E-state index >= 15 is 0 Å². The Bertz CT molecular complexity index is 1040. The molecule has 3 aromatic rings. The minimum atomic E-state index is -0.312. The summed E-state index contributed by atoms with van der Waals surface area (Å²) in [5.41, 5.74) is 2.96. The Morgan fingerprint density at radius 3 is 2.50 bits per heavy atom. The molecule has 30 heavy (non-hydrogen) atoms. The van der Waals surface area contributed by atoms with Crippen LogP contribution in [0.4, 0.5) is 4.39 Å². The number of hydrogen-bond acceptors (Lipinski definition) is 3. The molecule has 1 N–H and O–H groups in total. The third-order valence-electron chi connectivity index (χ3n) is 4.78. The molecule has 0 aliphatic carbocycles. The molecule has 3 aromatic carbocycles. The van der Waals surface area contributed by atoms with Crippen LogP contribution >= 0.6 is 11.6 Å². The van der Waals surface area contributed by atoms with E-state index in [0.29, 0.717) is 22.1 Å². The molecule has 0 saturated heterocycles. The summed E-state index contributed by atoms with van der Waals surface area (Å²) in [5.74, 6) is 0.758. The van der Waals surface area contributed by atoms with E-state index in [1.807, 2.05) is 19.9 Å². The maximum absolute atomic E-state index is 13.1. The standard InChI is InChI=1S/C24H23ClFNO3/c1-15-12-21(9-10-22(15)25)30-14-19-13-18(6-11-23(19)29-3)24(28)27-16(2)17-4-7-20(26)8-5-17/h4-13,16H,14H2,1-3H3,(H,27,28)/t16-/m1/s1. The second-order valence-electron chi connectivity index (χ2n) is 6.97. The van der Waals surface area contributed by atoms with E-state index < -0.39 is 0 Å². The van der Waals surface area contributed by atoms with Gasteiger partial charge in [-0.1, -0.05) is 23.7 Å². The molecule has 0 radical (unpaired) electrons. The van der Waals surface area contributed by atoms with Crippen LogP contribution in [0.1, 0.15) is 40.0 Å². The van der Waals surface area contributed by atoms with E-state index in [9.17, 15) is 9.18 Å². The van der Waals surface area contributed by atoms with Gasteiger partial charge in [-0.25, -0.2) is 4.39 Å². The van der Waals surface area contributed by atoms with Crippen molar-refractivity contribution in [3.63, 3.8) is 0 Å². The molecule has 0 bridgehead atoms. The highest BCUT2D eigenvalue weighted by Crippen LogP contribution is 2.25. The Kier molecular flexibility index (Phi) is 6.95. The normalized spacial score (nSPS) is 11.6. The molecule has 0 unspecified atom stereocenters. The predicted octanol–water partition coefficient (Wildman–Crippen LogP) is 5.87. The van der Waals surface area contributed by atoms with Crippen molar-refractivity contribution in [2.75, 3.05) is 7.11 Å². The van der Waals surface area contributed by atoms with E-state index in [0.717, 1.165) is 16.7 Å². The number of carbonyl (C=O) groups excluding carboxylic acids is 1. The second kappa shape index (κ2) is 9.63. The molecule has 0 saturated carbocycles. The third kappa shape index (κ3) is 5.30. The highest BCUT2D eigenvalue weighted by molar-refractivity contribution is 6.31. The van der Waals surface area contributed by atoms with Crippen LogP contribution < -0.4 is 14.8 Å². The fourth-order valence-corrected chi connectivity index (χ4v) is 3.13. The summed E-state index contributed by atoms with van der Waals surface area (Å²) in [6.45, 7) is 3.99. The van der Waals surface area contributed by atoms with Gasteiger partial charge in [-0.2, -0.15) is 0 Å². The number of methoxy groups -OCH3 is 1. The summed E-state index contributed by atoms with van der Waals surface area (Å²) in [4.78, 5) is 12.7. The molecule has 1 amide bonds. The predicted molar refractivity (Wildman–Crippen MR) is 116 cm³/mol. The van der Waals surface area contributed by atoms with Crippen molar-refractivity contribution in [3.05, 3.63) is 93.8 Å². The van der Waals surface area contributed by atoms with E-state index in [1.54, 1.807) is 49.6 Å². The Labute approximate surface area is 180 Å². The average Bonchev–Trinajstić information content (AvgIpc) is 2.74. The molecular formula is C24H23ClFNO3. The molecule has 4 nitrogen and oxygen atoms in total. The van der Waals surface area contributed by atoms with Crippen molar-refractivity contribution in [2.45, 2.75) is 26.5 Å². The Morgan fingerprint density at radius 1 is 1.10 bits per heavy atom. The fraction of sp³-hybridized carbons (Fsp3) is 0.208. The van der Waals surface area contributed by atoms with Crippen molar-refractivity contribution in [3.8, 4) is 11.5 Å². The zero-order chi connectivity index (χ0) is 21.7. The molecule has 0 fully saturated rings. The van der Waals surface area contributed by atoms with Crippen LogP contribution in [0.25, 0.3) is 0 Å². The molecule has 0 aliphatic rings. The highest BCUT2D eigenvalue weighted by atomic mass is 35.5. The first-order valence-electron chi connectivity index (χ1n) is 9.49. The lowest BCUT2D eigenvalue weighted by atomic mass is 10.1. The highest BCUT2D eigenvalue weighted by Gasteiger charge is 2.14. The van der Waals surface area contributed by atoms with E-state index in [-0.39, 0.29) is 24.4 Å². The van der Waals surface area contributed by atoms with Crippen molar-refractivity contribution in [1.29, 1.82) is 0 Å². The van der Waals surface area contributed by atoms with E-state index in [1.165, 1.54) is 12.1 Å². The van der Waals surface area contributed by atoms with Crippen LogP contribution in [0.5, 0.6) is 11.5 Å². The molecule has 0 spiro atoms. The minimum absolute atomic E-state index is 0.235. The first-order chi connectivity index (χ1) is 14.4. The molecular weight excluding hydrogens is 405 g/mol. The van der Waals surface area contributed by atoms with Gasteiger partial charge < -0.3 is 14.8 Å². The van der Waals surface area contributed by atoms with Crippen molar-refractivity contribution < 1.29 is 18.7 Å². The van der Waals surface area contributed by atoms with Gasteiger partial charge >= 0.3 is 0 Å². The maximum Gasteiger partial charge on any atom is 0.251 e. The molecule has 0 heterocycles. The van der Waals surface area contributed by atoms with Crippen LogP contribution in [0.3, 0.4) is 0 Å². The quantitative estimate of drug-likeness (QED) is 0.513. The van der Waals surface area contributed by atoms with Crippen LogP contribution in [0.2, 0.25) is 5.02 Å². The van der Waals surface area contributed by atoms with Gasteiger partial charge in [-0.05, 0) is 73.5 Å². The molecule has 3 rings (SSSR count). The largest absolute Gasteiger partial charge is 0.496 e. The van der Waals surface area contributed by atoms with Crippen molar-refractivity contribution in [1.82, 2.24) is 5.32 Å². The summed E-state index contributed by atoms with van der Waals surface area (Å²) in [6.07, 6.45) is 0. The van der Waals surface area contributed by atoms with Crippen LogP contribution in [0, 0.1) is 12.7 Å². The lowest BCUT2D eigenvalue weighted by molar-refractivity contribution is 0.0939. The molecule has 0 aliphatic heterocycles. The summed E-state index contributed by atoms with van der Waals surface area (Å²) in [6, 6.07) is 16.4. The van der Waals surface area contributed by atoms with Crippen molar-refractivity contribution in [2.24, 2.45) is 0 Å². The number of benzene rings is 3. The minimum Gasteiger partial charge on any atom is -0.496 e. The van der Waals surface area contributed by atoms with Gasteiger partial charge in [0.25, 0.3) is 5.91 Å². The summed E-state index contributed by atoms with van der Waals surface area (Å²) in [5, 5.41) is 3.60. The average molecular weight is 428 g/mol. The number of hydrogen-bond donors (Lipinski definition) is 1.